The average molecular weight is 229 g/mol. The van der Waals surface area contributed by atoms with Crippen LogP contribution in [0.15, 0.2) is 0 Å². The van der Waals surface area contributed by atoms with Gasteiger partial charge in [-0.25, -0.2) is 4.79 Å². The molecule has 0 heterocycles. The van der Waals surface area contributed by atoms with Gasteiger partial charge in [-0.15, -0.1) is 0 Å². The minimum atomic E-state index is -0.491. The van der Waals surface area contributed by atoms with E-state index in [-0.39, 0.29) is 17.8 Å². The molecule has 0 aromatic carbocycles. The van der Waals surface area contributed by atoms with Crippen LogP contribution in [0.2, 0.25) is 0 Å². The van der Waals surface area contributed by atoms with Crippen molar-refractivity contribution in [1.82, 2.24) is 5.32 Å². The highest BCUT2D eigenvalue weighted by atomic mass is 16.6. The molecule has 0 saturated heterocycles. The SMILES string of the molecule is COC(=O)[C@H]1C[C@H]1CNC(=O)OC(C)(C)C. The quantitative estimate of drug-likeness (QED) is 0.741. The first-order valence-corrected chi connectivity index (χ1v) is 5.38. The van der Waals surface area contributed by atoms with Crippen LogP contribution >= 0.6 is 0 Å². The van der Waals surface area contributed by atoms with Crippen LogP contribution in [0.5, 0.6) is 0 Å². The van der Waals surface area contributed by atoms with E-state index in [0.29, 0.717) is 6.54 Å². The normalized spacial score (nSPS) is 23.5. The summed E-state index contributed by atoms with van der Waals surface area (Å²) < 4.78 is 9.68. The minimum Gasteiger partial charge on any atom is -0.469 e. The van der Waals surface area contributed by atoms with Crippen molar-refractivity contribution >= 4 is 12.1 Å². The van der Waals surface area contributed by atoms with Crippen LogP contribution in [-0.2, 0) is 14.3 Å². The number of amides is 1. The molecule has 0 aromatic rings. The third-order valence-electron chi connectivity index (χ3n) is 2.33. The van der Waals surface area contributed by atoms with Crippen LogP contribution < -0.4 is 5.32 Å². The van der Waals surface area contributed by atoms with Crippen molar-refractivity contribution in [2.24, 2.45) is 11.8 Å². The summed E-state index contributed by atoms with van der Waals surface area (Å²) in [5.41, 5.74) is -0.491. The number of nitrogens with one attached hydrogen (secondary N) is 1. The van der Waals surface area contributed by atoms with E-state index < -0.39 is 11.7 Å². The lowest BCUT2D eigenvalue weighted by molar-refractivity contribution is -0.142. The van der Waals surface area contributed by atoms with Gasteiger partial charge in [0.05, 0.1) is 13.0 Å². The second-order valence-electron chi connectivity index (χ2n) is 5.01. The van der Waals surface area contributed by atoms with Crippen molar-refractivity contribution in [2.75, 3.05) is 13.7 Å². The number of ether oxygens (including phenoxy) is 2. The van der Waals surface area contributed by atoms with Crippen molar-refractivity contribution in [3.05, 3.63) is 0 Å². The van der Waals surface area contributed by atoms with E-state index in [9.17, 15) is 9.59 Å². The van der Waals surface area contributed by atoms with Gasteiger partial charge in [0.1, 0.15) is 5.60 Å². The van der Waals surface area contributed by atoms with Gasteiger partial charge in [-0.1, -0.05) is 0 Å². The molecule has 1 amide bonds. The van der Waals surface area contributed by atoms with Gasteiger partial charge < -0.3 is 14.8 Å². The summed E-state index contributed by atoms with van der Waals surface area (Å²) in [5.74, 6) is -0.0594. The summed E-state index contributed by atoms with van der Waals surface area (Å²) in [6.45, 7) is 5.89. The summed E-state index contributed by atoms with van der Waals surface area (Å²) in [4.78, 5) is 22.4. The zero-order chi connectivity index (χ0) is 12.3. The maximum atomic E-state index is 11.3. The monoisotopic (exact) mass is 229 g/mol. The van der Waals surface area contributed by atoms with Gasteiger partial charge >= 0.3 is 12.1 Å². The first-order valence-electron chi connectivity index (χ1n) is 5.38. The number of methoxy groups -OCH3 is 1. The molecule has 0 unspecified atom stereocenters. The molecule has 1 N–H and O–H groups in total. The van der Waals surface area contributed by atoms with Crippen LogP contribution in [0.1, 0.15) is 27.2 Å². The fraction of sp³-hybridized carbons (Fsp3) is 0.818. The largest absolute Gasteiger partial charge is 0.469 e. The second kappa shape index (κ2) is 4.72. The molecule has 0 aromatic heterocycles. The number of carbonyl (C=O) groups is 2. The zero-order valence-corrected chi connectivity index (χ0v) is 10.2. The predicted molar refractivity (Wildman–Crippen MR) is 57.8 cm³/mol. The summed E-state index contributed by atoms with van der Waals surface area (Å²) in [7, 11) is 1.37. The topological polar surface area (TPSA) is 64.6 Å². The van der Waals surface area contributed by atoms with Crippen molar-refractivity contribution in [1.29, 1.82) is 0 Å². The van der Waals surface area contributed by atoms with Gasteiger partial charge in [-0.3, -0.25) is 4.79 Å². The summed E-state index contributed by atoms with van der Waals surface area (Å²) >= 11 is 0. The lowest BCUT2D eigenvalue weighted by Crippen LogP contribution is -2.33. The molecule has 0 spiro atoms. The van der Waals surface area contributed by atoms with Crippen LogP contribution in [0.3, 0.4) is 0 Å². The lowest BCUT2D eigenvalue weighted by Gasteiger charge is -2.19. The Morgan fingerprint density at radius 2 is 2.00 bits per heavy atom. The Bertz CT molecular complexity index is 282. The number of esters is 1. The van der Waals surface area contributed by atoms with Crippen LogP contribution in [0.4, 0.5) is 4.79 Å². The first kappa shape index (κ1) is 12.8. The molecule has 1 saturated carbocycles. The Hall–Kier alpha value is -1.26. The number of rotatable bonds is 3. The van der Waals surface area contributed by atoms with Gasteiger partial charge in [0, 0.05) is 6.54 Å². The molecule has 1 rings (SSSR count). The van der Waals surface area contributed by atoms with Crippen molar-refractivity contribution in [3.63, 3.8) is 0 Å². The van der Waals surface area contributed by atoms with E-state index in [1.165, 1.54) is 7.11 Å². The van der Waals surface area contributed by atoms with Crippen LogP contribution in [0, 0.1) is 11.8 Å². The number of hydrogen-bond donors (Lipinski definition) is 1. The molecule has 92 valence electrons. The third kappa shape index (κ3) is 4.08. The molecule has 16 heavy (non-hydrogen) atoms. The van der Waals surface area contributed by atoms with E-state index in [2.05, 4.69) is 10.1 Å². The molecule has 1 fully saturated rings. The van der Waals surface area contributed by atoms with E-state index in [1.807, 2.05) is 0 Å². The van der Waals surface area contributed by atoms with E-state index in [4.69, 9.17) is 4.74 Å². The highest BCUT2D eigenvalue weighted by molar-refractivity contribution is 5.76. The molecular weight excluding hydrogens is 210 g/mol. The smallest absolute Gasteiger partial charge is 0.407 e. The molecule has 1 aliphatic rings. The standard InChI is InChI=1S/C11H19NO4/c1-11(2,3)16-10(14)12-6-7-5-8(7)9(13)15-4/h7-8H,5-6H2,1-4H3,(H,12,14)/t7-,8-/m0/s1. The van der Waals surface area contributed by atoms with Crippen LogP contribution in [0.25, 0.3) is 0 Å². The Morgan fingerprint density at radius 3 is 2.50 bits per heavy atom. The summed E-state index contributed by atoms with van der Waals surface area (Å²) in [5, 5.41) is 2.64. The lowest BCUT2D eigenvalue weighted by atomic mass is 10.2. The molecule has 0 aliphatic heterocycles. The van der Waals surface area contributed by atoms with Crippen molar-refractivity contribution in [2.45, 2.75) is 32.8 Å². The summed E-state index contributed by atoms with van der Waals surface area (Å²) in [6.07, 6.45) is 0.339. The van der Waals surface area contributed by atoms with Gasteiger partial charge in [-0.05, 0) is 33.1 Å². The number of carbonyl (C=O) groups excluding carboxylic acids is 2. The predicted octanol–water partition coefficient (Wildman–Crippen LogP) is 1.32. The van der Waals surface area contributed by atoms with Gasteiger partial charge in [0.2, 0.25) is 0 Å². The fourth-order valence-corrected chi connectivity index (χ4v) is 1.44. The Balaban J connectivity index is 2.18. The highest BCUT2D eigenvalue weighted by Gasteiger charge is 2.43. The minimum absolute atomic E-state index is 0.0556. The van der Waals surface area contributed by atoms with E-state index in [0.717, 1.165) is 6.42 Å². The Morgan fingerprint density at radius 1 is 1.38 bits per heavy atom. The molecule has 0 bridgehead atoms. The molecule has 5 heteroatoms. The van der Waals surface area contributed by atoms with Gasteiger partial charge in [-0.2, -0.15) is 0 Å². The Labute approximate surface area is 95.5 Å². The number of hydrogen-bond acceptors (Lipinski definition) is 4. The molecule has 2 atom stereocenters. The fourth-order valence-electron chi connectivity index (χ4n) is 1.44. The zero-order valence-electron chi connectivity index (χ0n) is 10.2. The number of alkyl carbamates (subject to hydrolysis) is 1. The van der Waals surface area contributed by atoms with E-state index in [1.54, 1.807) is 20.8 Å². The molecule has 1 aliphatic carbocycles. The van der Waals surface area contributed by atoms with Gasteiger partial charge in [0.25, 0.3) is 0 Å². The average Bonchev–Trinajstić information content (AvgIpc) is 2.90. The molecule has 5 nitrogen and oxygen atoms in total. The summed E-state index contributed by atoms with van der Waals surface area (Å²) in [6, 6.07) is 0. The van der Waals surface area contributed by atoms with E-state index >= 15 is 0 Å². The second-order valence-corrected chi connectivity index (χ2v) is 5.01. The van der Waals surface area contributed by atoms with Crippen molar-refractivity contribution in [3.8, 4) is 0 Å². The van der Waals surface area contributed by atoms with Gasteiger partial charge in [0.15, 0.2) is 0 Å². The maximum Gasteiger partial charge on any atom is 0.407 e. The van der Waals surface area contributed by atoms with Crippen LogP contribution in [-0.4, -0.2) is 31.3 Å². The third-order valence-corrected chi connectivity index (χ3v) is 2.33. The van der Waals surface area contributed by atoms with Crippen molar-refractivity contribution < 1.29 is 19.1 Å². The molecule has 0 radical (unpaired) electrons. The Kier molecular flexibility index (Phi) is 3.78. The highest BCUT2D eigenvalue weighted by Crippen LogP contribution is 2.38. The first-order chi connectivity index (χ1) is 7.33. The maximum absolute atomic E-state index is 11.3. The molecular formula is C11H19NO4.